The second-order valence-electron chi connectivity index (χ2n) is 4.44. The summed E-state index contributed by atoms with van der Waals surface area (Å²) in [6.45, 7) is 2.76. The third-order valence-electron chi connectivity index (χ3n) is 2.74. The van der Waals surface area contributed by atoms with E-state index in [0.717, 1.165) is 13.0 Å². The number of carbonyl (C=O) groups is 1. The minimum absolute atomic E-state index is 0.297. The van der Waals surface area contributed by atoms with Crippen molar-refractivity contribution in [1.82, 2.24) is 4.98 Å². The van der Waals surface area contributed by atoms with Gasteiger partial charge in [0.05, 0.1) is 5.56 Å². The van der Waals surface area contributed by atoms with Crippen molar-refractivity contribution in [2.45, 2.75) is 13.3 Å². The Labute approximate surface area is 130 Å². The van der Waals surface area contributed by atoms with Gasteiger partial charge in [-0.05, 0) is 52.7 Å². The van der Waals surface area contributed by atoms with E-state index in [-0.39, 0.29) is 11.7 Å². The van der Waals surface area contributed by atoms with Crippen molar-refractivity contribution in [1.29, 1.82) is 0 Å². The number of hydrogen-bond acceptors (Lipinski definition) is 3. The summed E-state index contributed by atoms with van der Waals surface area (Å²) in [6, 6.07) is 7.31. The summed E-state index contributed by atoms with van der Waals surface area (Å²) in [5.41, 5.74) is 0.963. The Morgan fingerprint density at radius 3 is 2.71 bits per heavy atom. The summed E-state index contributed by atoms with van der Waals surface area (Å²) in [6.07, 6.45) is 2.56. The van der Waals surface area contributed by atoms with Gasteiger partial charge in [0.2, 0.25) is 0 Å². The molecular weight excluding hydrogens is 337 g/mol. The van der Waals surface area contributed by atoms with Gasteiger partial charge in [-0.1, -0.05) is 6.92 Å². The van der Waals surface area contributed by atoms with Crippen molar-refractivity contribution < 1.29 is 9.18 Å². The van der Waals surface area contributed by atoms with Crippen molar-refractivity contribution in [3.8, 4) is 0 Å². The van der Waals surface area contributed by atoms with Crippen molar-refractivity contribution in [2.75, 3.05) is 17.2 Å². The number of carbonyl (C=O) groups excluding carboxylic acids is 1. The van der Waals surface area contributed by atoms with E-state index in [9.17, 15) is 9.18 Å². The molecule has 110 valence electrons. The molecule has 0 fully saturated rings. The highest BCUT2D eigenvalue weighted by molar-refractivity contribution is 9.10. The molecule has 4 nitrogen and oxygen atoms in total. The number of amides is 1. The van der Waals surface area contributed by atoms with Crippen LogP contribution in [0.5, 0.6) is 0 Å². The number of nitrogens with one attached hydrogen (secondary N) is 2. The molecule has 0 unspecified atom stereocenters. The molecule has 1 aromatic heterocycles. The van der Waals surface area contributed by atoms with E-state index in [1.54, 1.807) is 12.3 Å². The smallest absolute Gasteiger partial charge is 0.259 e. The van der Waals surface area contributed by atoms with Gasteiger partial charge in [0.25, 0.3) is 5.91 Å². The average molecular weight is 352 g/mol. The van der Waals surface area contributed by atoms with Gasteiger partial charge in [0, 0.05) is 22.9 Å². The molecule has 2 aromatic rings. The lowest BCUT2D eigenvalue weighted by atomic mass is 10.2. The largest absolute Gasteiger partial charge is 0.369 e. The number of halogens is 2. The topological polar surface area (TPSA) is 54.0 Å². The number of aromatic nitrogens is 1. The Morgan fingerprint density at radius 2 is 2.05 bits per heavy atom. The van der Waals surface area contributed by atoms with Crippen molar-refractivity contribution in [3.05, 3.63) is 52.4 Å². The van der Waals surface area contributed by atoms with Gasteiger partial charge >= 0.3 is 0 Å². The second-order valence-corrected chi connectivity index (χ2v) is 5.35. The molecule has 2 rings (SSSR count). The van der Waals surface area contributed by atoms with E-state index >= 15 is 0 Å². The SMILES string of the molecule is CCCNc1ncc(Br)cc1C(=O)Nc1ccc(F)cc1. The lowest BCUT2D eigenvalue weighted by Gasteiger charge is -2.11. The minimum atomic E-state index is -0.345. The zero-order chi connectivity index (χ0) is 15.2. The number of hydrogen-bond donors (Lipinski definition) is 2. The molecule has 0 bridgehead atoms. The molecule has 0 saturated carbocycles. The Balaban J connectivity index is 2.20. The molecule has 0 saturated heterocycles. The van der Waals surface area contributed by atoms with E-state index in [1.165, 1.54) is 24.3 Å². The summed E-state index contributed by atoms with van der Waals surface area (Å²) >= 11 is 3.31. The van der Waals surface area contributed by atoms with Crippen LogP contribution in [0.15, 0.2) is 41.0 Å². The normalized spacial score (nSPS) is 10.2. The quantitative estimate of drug-likeness (QED) is 0.853. The first-order valence-corrected chi connectivity index (χ1v) is 7.35. The Bertz CT molecular complexity index is 631. The van der Waals surface area contributed by atoms with E-state index in [0.29, 0.717) is 21.5 Å². The average Bonchev–Trinajstić information content (AvgIpc) is 2.48. The number of nitrogens with zero attached hydrogens (tertiary/aromatic N) is 1. The van der Waals surface area contributed by atoms with Gasteiger partial charge in [0.1, 0.15) is 11.6 Å². The molecule has 0 aliphatic carbocycles. The summed E-state index contributed by atoms with van der Waals surface area (Å²) in [5, 5.41) is 5.84. The highest BCUT2D eigenvalue weighted by Gasteiger charge is 2.13. The first-order chi connectivity index (χ1) is 10.1. The summed E-state index contributed by atoms with van der Waals surface area (Å²) in [5.74, 6) is -0.115. The number of benzene rings is 1. The highest BCUT2D eigenvalue weighted by atomic mass is 79.9. The van der Waals surface area contributed by atoms with Gasteiger partial charge in [-0.2, -0.15) is 0 Å². The molecule has 0 aliphatic heterocycles. The molecule has 0 spiro atoms. The van der Waals surface area contributed by atoms with E-state index in [2.05, 4.69) is 31.5 Å². The number of anilines is 2. The van der Waals surface area contributed by atoms with Crippen molar-refractivity contribution >= 4 is 33.3 Å². The monoisotopic (exact) mass is 351 g/mol. The van der Waals surface area contributed by atoms with Gasteiger partial charge in [-0.15, -0.1) is 0 Å². The fraction of sp³-hybridized carbons (Fsp3) is 0.200. The molecule has 6 heteroatoms. The zero-order valence-electron chi connectivity index (χ0n) is 11.5. The van der Waals surface area contributed by atoms with Crippen LogP contribution in [0.3, 0.4) is 0 Å². The number of pyridine rings is 1. The third kappa shape index (κ3) is 4.26. The van der Waals surface area contributed by atoms with Crippen LogP contribution in [0.1, 0.15) is 23.7 Å². The van der Waals surface area contributed by atoms with Crippen LogP contribution >= 0.6 is 15.9 Å². The second kappa shape index (κ2) is 7.17. The predicted molar refractivity (Wildman–Crippen MR) is 85.1 cm³/mol. The molecule has 1 heterocycles. The fourth-order valence-electron chi connectivity index (χ4n) is 1.73. The fourth-order valence-corrected chi connectivity index (χ4v) is 2.06. The van der Waals surface area contributed by atoms with Crippen molar-refractivity contribution in [3.63, 3.8) is 0 Å². The lowest BCUT2D eigenvalue weighted by Crippen LogP contribution is -2.16. The van der Waals surface area contributed by atoms with E-state index in [4.69, 9.17) is 0 Å². The maximum absolute atomic E-state index is 12.9. The first kappa shape index (κ1) is 15.4. The molecule has 1 amide bonds. The van der Waals surface area contributed by atoms with Crippen LogP contribution in [0.2, 0.25) is 0 Å². The van der Waals surface area contributed by atoms with Crippen LogP contribution in [0, 0.1) is 5.82 Å². The summed E-state index contributed by atoms with van der Waals surface area (Å²) in [7, 11) is 0. The highest BCUT2D eigenvalue weighted by Crippen LogP contribution is 2.20. The molecule has 1 aromatic carbocycles. The maximum atomic E-state index is 12.9. The summed E-state index contributed by atoms with van der Waals surface area (Å²) < 4.78 is 13.6. The predicted octanol–water partition coefficient (Wildman–Crippen LogP) is 4.06. The van der Waals surface area contributed by atoms with Gasteiger partial charge < -0.3 is 10.6 Å². The van der Waals surface area contributed by atoms with Gasteiger partial charge in [-0.3, -0.25) is 4.79 Å². The van der Waals surface area contributed by atoms with Crippen LogP contribution < -0.4 is 10.6 Å². The minimum Gasteiger partial charge on any atom is -0.369 e. The van der Waals surface area contributed by atoms with Gasteiger partial charge in [0.15, 0.2) is 0 Å². The van der Waals surface area contributed by atoms with Crippen molar-refractivity contribution in [2.24, 2.45) is 0 Å². The molecule has 0 aliphatic rings. The Hall–Kier alpha value is -1.95. The summed E-state index contributed by atoms with van der Waals surface area (Å²) in [4.78, 5) is 16.5. The zero-order valence-corrected chi connectivity index (χ0v) is 13.1. The van der Waals surface area contributed by atoms with Gasteiger partial charge in [-0.25, -0.2) is 9.37 Å². The van der Waals surface area contributed by atoms with Crippen LogP contribution in [-0.2, 0) is 0 Å². The maximum Gasteiger partial charge on any atom is 0.259 e. The lowest BCUT2D eigenvalue weighted by molar-refractivity contribution is 0.102. The molecular formula is C15H15BrFN3O. The molecule has 2 N–H and O–H groups in total. The Morgan fingerprint density at radius 1 is 1.33 bits per heavy atom. The molecule has 0 atom stereocenters. The molecule has 21 heavy (non-hydrogen) atoms. The standard InChI is InChI=1S/C15H15BrFN3O/c1-2-7-18-14-13(8-10(16)9-19-14)15(21)20-12-5-3-11(17)4-6-12/h3-6,8-9H,2,7H2,1H3,(H,18,19)(H,20,21). The third-order valence-corrected chi connectivity index (χ3v) is 3.18. The van der Waals surface area contributed by atoms with E-state index < -0.39 is 0 Å². The number of rotatable bonds is 5. The van der Waals surface area contributed by atoms with Crippen LogP contribution in [0.25, 0.3) is 0 Å². The Kier molecular flexibility index (Phi) is 5.27. The van der Waals surface area contributed by atoms with Crippen LogP contribution in [0.4, 0.5) is 15.9 Å². The van der Waals surface area contributed by atoms with E-state index in [1.807, 2.05) is 6.92 Å². The first-order valence-electron chi connectivity index (χ1n) is 6.56. The molecule has 0 radical (unpaired) electrons. The van der Waals surface area contributed by atoms with Crippen LogP contribution in [-0.4, -0.2) is 17.4 Å².